The normalized spacial score (nSPS) is 11.1. The van der Waals surface area contributed by atoms with E-state index in [1.165, 1.54) is 19.2 Å². The maximum absolute atomic E-state index is 12.8. The molecule has 0 aliphatic carbocycles. The van der Waals surface area contributed by atoms with Gasteiger partial charge in [-0.05, 0) is 18.2 Å². The van der Waals surface area contributed by atoms with E-state index in [4.69, 9.17) is 16.3 Å². The van der Waals surface area contributed by atoms with Crippen molar-refractivity contribution in [2.45, 2.75) is 12.7 Å². The van der Waals surface area contributed by atoms with Gasteiger partial charge in [0.25, 0.3) is 11.2 Å². The minimum absolute atomic E-state index is 0.167. The molecule has 8 nitrogen and oxygen atoms in total. The van der Waals surface area contributed by atoms with Gasteiger partial charge in [0.2, 0.25) is 5.91 Å². The average Bonchev–Trinajstić information content (AvgIpc) is 2.57. The van der Waals surface area contributed by atoms with Gasteiger partial charge in [-0.1, -0.05) is 11.6 Å². The molecule has 0 spiro atoms. The molecule has 0 unspecified atom stereocenters. The summed E-state index contributed by atoms with van der Waals surface area (Å²) in [6.07, 6.45) is -4.33. The van der Waals surface area contributed by atoms with Crippen molar-refractivity contribution in [3.8, 4) is 5.75 Å². The SMILES string of the molecule is COc1ccc(NC(=O)Cn2cc(C(F)(F)F)cc(Cl)c2=O)c([N+](=O)[O-])c1. The number of nitro groups is 1. The van der Waals surface area contributed by atoms with Crippen LogP contribution in [0.1, 0.15) is 5.56 Å². The molecular weight excluding hydrogens is 395 g/mol. The molecule has 1 N–H and O–H groups in total. The number of nitrogens with zero attached hydrogens (tertiary/aromatic N) is 2. The molecule has 0 aliphatic heterocycles. The van der Waals surface area contributed by atoms with Crippen LogP contribution in [0.2, 0.25) is 5.02 Å². The fourth-order valence-electron chi connectivity index (χ4n) is 2.11. The van der Waals surface area contributed by atoms with Crippen molar-refractivity contribution in [1.82, 2.24) is 4.57 Å². The Balaban J connectivity index is 2.31. The second kappa shape index (κ2) is 7.66. The fraction of sp³-hybridized carbons (Fsp3) is 0.200. The molecule has 0 atom stereocenters. The highest BCUT2D eigenvalue weighted by Crippen LogP contribution is 2.30. The summed E-state index contributed by atoms with van der Waals surface area (Å²) in [6.45, 7) is -0.828. The van der Waals surface area contributed by atoms with Crippen LogP contribution in [0.4, 0.5) is 24.5 Å². The monoisotopic (exact) mass is 405 g/mol. The third-order valence-electron chi connectivity index (χ3n) is 3.36. The lowest BCUT2D eigenvalue weighted by molar-refractivity contribution is -0.384. The van der Waals surface area contributed by atoms with Gasteiger partial charge in [0.1, 0.15) is 23.0 Å². The quantitative estimate of drug-likeness (QED) is 0.608. The zero-order valence-corrected chi connectivity index (χ0v) is 14.3. The molecular formula is C15H11ClF3N3O5. The Bertz CT molecular complexity index is 959. The second-order valence-corrected chi connectivity index (χ2v) is 5.60. The van der Waals surface area contributed by atoms with Gasteiger partial charge in [0, 0.05) is 6.20 Å². The number of nitrogens with one attached hydrogen (secondary N) is 1. The lowest BCUT2D eigenvalue weighted by atomic mass is 10.2. The van der Waals surface area contributed by atoms with Crippen LogP contribution in [0.3, 0.4) is 0 Å². The number of alkyl halides is 3. The van der Waals surface area contributed by atoms with Crippen LogP contribution in [0.15, 0.2) is 35.3 Å². The topological polar surface area (TPSA) is 103 Å². The van der Waals surface area contributed by atoms with E-state index >= 15 is 0 Å². The first-order valence-electron chi connectivity index (χ1n) is 7.12. The smallest absolute Gasteiger partial charge is 0.417 e. The van der Waals surface area contributed by atoms with E-state index in [9.17, 15) is 32.9 Å². The van der Waals surface area contributed by atoms with Crippen molar-refractivity contribution in [1.29, 1.82) is 0 Å². The second-order valence-electron chi connectivity index (χ2n) is 5.20. The Labute approximate surface area is 154 Å². The molecule has 0 bridgehead atoms. The molecule has 0 saturated carbocycles. The fourth-order valence-corrected chi connectivity index (χ4v) is 2.34. The highest BCUT2D eigenvalue weighted by atomic mass is 35.5. The van der Waals surface area contributed by atoms with Crippen LogP contribution < -0.4 is 15.6 Å². The van der Waals surface area contributed by atoms with Crippen LogP contribution >= 0.6 is 11.6 Å². The van der Waals surface area contributed by atoms with Crippen LogP contribution in [-0.4, -0.2) is 22.5 Å². The number of halogens is 4. The predicted molar refractivity (Wildman–Crippen MR) is 89.0 cm³/mol. The van der Waals surface area contributed by atoms with Crippen molar-refractivity contribution >= 4 is 28.9 Å². The van der Waals surface area contributed by atoms with Gasteiger partial charge in [0.15, 0.2) is 0 Å². The first-order valence-corrected chi connectivity index (χ1v) is 7.50. The molecule has 1 amide bonds. The number of rotatable bonds is 5. The number of aromatic nitrogens is 1. The summed E-state index contributed by atoms with van der Waals surface area (Å²) >= 11 is 5.50. The van der Waals surface area contributed by atoms with Crippen LogP contribution in [0.5, 0.6) is 5.75 Å². The minimum Gasteiger partial charge on any atom is -0.496 e. The number of amides is 1. The number of methoxy groups -OCH3 is 1. The molecule has 0 fully saturated rings. The van der Waals surface area contributed by atoms with Crippen molar-refractivity contribution in [3.63, 3.8) is 0 Å². The van der Waals surface area contributed by atoms with Crippen molar-refractivity contribution < 1.29 is 27.6 Å². The van der Waals surface area contributed by atoms with E-state index in [0.29, 0.717) is 16.8 Å². The maximum Gasteiger partial charge on any atom is 0.417 e. The third-order valence-corrected chi connectivity index (χ3v) is 3.63. The number of anilines is 1. The summed E-state index contributed by atoms with van der Waals surface area (Å²) in [4.78, 5) is 34.3. The van der Waals surface area contributed by atoms with E-state index in [1.54, 1.807) is 0 Å². The maximum atomic E-state index is 12.8. The molecule has 2 aromatic rings. The Kier molecular flexibility index (Phi) is 5.74. The summed E-state index contributed by atoms with van der Waals surface area (Å²) in [5.74, 6) is -0.790. The zero-order valence-electron chi connectivity index (χ0n) is 13.5. The van der Waals surface area contributed by atoms with Crippen LogP contribution in [-0.2, 0) is 17.5 Å². The van der Waals surface area contributed by atoms with Crippen LogP contribution in [0, 0.1) is 10.1 Å². The molecule has 1 heterocycles. The van der Waals surface area contributed by atoms with Gasteiger partial charge < -0.3 is 14.6 Å². The van der Waals surface area contributed by atoms with Crippen molar-refractivity contribution in [3.05, 3.63) is 61.5 Å². The summed E-state index contributed by atoms with van der Waals surface area (Å²) in [5, 5.41) is 12.5. The van der Waals surface area contributed by atoms with Gasteiger partial charge in [-0.15, -0.1) is 0 Å². The Morgan fingerprint density at radius 2 is 2.04 bits per heavy atom. The number of carbonyl (C=O) groups excluding carboxylic acids is 1. The van der Waals surface area contributed by atoms with Gasteiger partial charge in [-0.3, -0.25) is 19.7 Å². The predicted octanol–water partition coefficient (Wildman–Crippen LogP) is 3.08. The van der Waals surface area contributed by atoms with Gasteiger partial charge in [0.05, 0.1) is 23.7 Å². The Hall–Kier alpha value is -3.08. The molecule has 12 heteroatoms. The van der Waals surface area contributed by atoms with Gasteiger partial charge >= 0.3 is 6.18 Å². The first-order chi connectivity index (χ1) is 12.5. The third kappa shape index (κ3) is 4.76. The van der Waals surface area contributed by atoms with Crippen molar-refractivity contribution in [2.75, 3.05) is 12.4 Å². The number of benzene rings is 1. The number of hydrogen-bond acceptors (Lipinski definition) is 5. The molecule has 27 heavy (non-hydrogen) atoms. The Morgan fingerprint density at radius 3 is 2.59 bits per heavy atom. The summed E-state index contributed by atoms with van der Waals surface area (Å²) in [7, 11) is 1.29. The average molecular weight is 406 g/mol. The van der Waals surface area contributed by atoms with Crippen LogP contribution in [0.25, 0.3) is 0 Å². The lowest BCUT2D eigenvalue weighted by Gasteiger charge is -2.12. The molecule has 0 aliphatic rings. The molecule has 144 valence electrons. The lowest BCUT2D eigenvalue weighted by Crippen LogP contribution is -2.29. The standard InChI is InChI=1S/C15H11ClF3N3O5/c1-27-9-2-3-11(12(5-9)22(25)26)20-13(23)7-21-6-8(15(17,18)19)4-10(16)14(21)24/h2-6H,7H2,1H3,(H,20,23). The summed E-state index contributed by atoms with van der Waals surface area (Å²) in [5.41, 5.74) is -2.92. The number of carbonyl (C=O) groups is 1. The number of hydrogen-bond donors (Lipinski definition) is 1. The van der Waals surface area contributed by atoms with Gasteiger partial charge in [-0.2, -0.15) is 13.2 Å². The molecule has 0 radical (unpaired) electrons. The van der Waals surface area contributed by atoms with E-state index in [1.807, 2.05) is 0 Å². The van der Waals surface area contributed by atoms with Gasteiger partial charge in [-0.25, -0.2) is 0 Å². The number of pyridine rings is 1. The molecule has 1 aromatic carbocycles. The van der Waals surface area contributed by atoms with E-state index in [0.717, 1.165) is 6.07 Å². The van der Waals surface area contributed by atoms with E-state index in [-0.39, 0.29) is 11.4 Å². The number of nitro benzene ring substituents is 1. The van der Waals surface area contributed by atoms with E-state index < -0.39 is 45.4 Å². The molecule has 2 rings (SSSR count). The molecule has 0 saturated heterocycles. The highest BCUT2D eigenvalue weighted by Gasteiger charge is 2.32. The zero-order chi connectivity index (χ0) is 20.4. The Morgan fingerprint density at radius 1 is 1.37 bits per heavy atom. The molecule has 1 aromatic heterocycles. The number of ether oxygens (including phenoxy) is 1. The van der Waals surface area contributed by atoms with Crippen molar-refractivity contribution in [2.24, 2.45) is 0 Å². The highest BCUT2D eigenvalue weighted by molar-refractivity contribution is 6.30. The minimum atomic E-state index is -4.77. The first kappa shape index (κ1) is 20.2. The summed E-state index contributed by atoms with van der Waals surface area (Å²) in [6, 6.07) is 4.04. The summed E-state index contributed by atoms with van der Waals surface area (Å²) < 4.78 is 43.8. The van der Waals surface area contributed by atoms with E-state index in [2.05, 4.69) is 5.32 Å². The largest absolute Gasteiger partial charge is 0.496 e.